The van der Waals surface area contributed by atoms with E-state index in [1.807, 2.05) is 0 Å². The van der Waals surface area contributed by atoms with Gasteiger partial charge in [-0.3, -0.25) is 0 Å². The molecule has 31 heavy (non-hydrogen) atoms. The van der Waals surface area contributed by atoms with Gasteiger partial charge in [-0.05, 0) is 92.0 Å². The zero-order valence-electron chi connectivity index (χ0n) is 16.5. The second kappa shape index (κ2) is 6.18. The SMILES string of the molecule is Brc1ccc2c(c1)C(c1ccc3c(c1)C=C3)(c1ccc3c(c1)C=C3)c1cc(Br)ccc1-2. The maximum absolute atomic E-state index is 3.76. The lowest BCUT2D eigenvalue weighted by atomic mass is 9.66. The fourth-order valence-electron chi connectivity index (χ4n) is 5.43. The Labute approximate surface area is 198 Å². The van der Waals surface area contributed by atoms with E-state index in [0.29, 0.717) is 0 Å². The molecule has 0 spiro atoms. The molecule has 0 heterocycles. The molecule has 3 aliphatic carbocycles. The topological polar surface area (TPSA) is 0 Å². The van der Waals surface area contributed by atoms with Gasteiger partial charge in [-0.1, -0.05) is 92.6 Å². The largest absolute Gasteiger partial charge is 0.0714 e. The minimum Gasteiger partial charge on any atom is -0.0568 e. The van der Waals surface area contributed by atoms with Gasteiger partial charge in [0.25, 0.3) is 0 Å². The Kier molecular flexibility index (Phi) is 3.58. The highest BCUT2D eigenvalue weighted by molar-refractivity contribution is 9.10. The summed E-state index contributed by atoms with van der Waals surface area (Å²) in [6.45, 7) is 0. The summed E-state index contributed by atoms with van der Waals surface area (Å²) in [5.74, 6) is 0. The maximum atomic E-state index is 3.76. The lowest BCUT2D eigenvalue weighted by Gasteiger charge is -2.35. The quantitative estimate of drug-likeness (QED) is 0.213. The molecule has 2 heteroatoms. The fraction of sp³-hybridized carbons (Fsp3) is 0.0345. The Balaban J connectivity index is 1.65. The second-order valence-corrected chi connectivity index (χ2v) is 10.3. The second-order valence-electron chi connectivity index (χ2n) is 8.48. The van der Waals surface area contributed by atoms with E-state index in [1.165, 1.54) is 55.6 Å². The molecule has 0 unspecified atom stereocenters. The molecule has 0 fully saturated rings. The normalized spacial score (nSPS) is 15.4. The summed E-state index contributed by atoms with van der Waals surface area (Å²) >= 11 is 7.53. The van der Waals surface area contributed by atoms with E-state index < -0.39 is 0 Å². The first-order valence-electron chi connectivity index (χ1n) is 10.4. The Morgan fingerprint density at radius 1 is 0.452 bits per heavy atom. The van der Waals surface area contributed by atoms with Gasteiger partial charge in [0.05, 0.1) is 5.41 Å². The van der Waals surface area contributed by atoms with E-state index in [-0.39, 0.29) is 5.41 Å². The number of benzene rings is 4. The van der Waals surface area contributed by atoms with Crippen LogP contribution in [0.25, 0.3) is 35.4 Å². The summed E-state index contributed by atoms with van der Waals surface area (Å²) in [6, 6.07) is 27.4. The smallest absolute Gasteiger partial charge is 0.0568 e. The lowest BCUT2D eigenvalue weighted by Crippen LogP contribution is -2.29. The van der Waals surface area contributed by atoms with Gasteiger partial charge < -0.3 is 0 Å². The highest BCUT2D eigenvalue weighted by atomic mass is 79.9. The molecular formula is C29H16Br2. The average Bonchev–Trinajstić information content (AvgIpc) is 2.99. The summed E-state index contributed by atoms with van der Waals surface area (Å²) in [7, 11) is 0. The Bertz CT molecular complexity index is 1390. The van der Waals surface area contributed by atoms with Crippen molar-refractivity contribution >= 4 is 56.2 Å². The van der Waals surface area contributed by atoms with E-state index in [9.17, 15) is 0 Å². The van der Waals surface area contributed by atoms with Crippen molar-refractivity contribution in [2.24, 2.45) is 0 Å². The van der Waals surface area contributed by atoms with Gasteiger partial charge in [-0.2, -0.15) is 0 Å². The monoisotopic (exact) mass is 522 g/mol. The molecule has 7 rings (SSSR count). The molecule has 0 N–H and O–H groups in total. The Morgan fingerprint density at radius 3 is 1.29 bits per heavy atom. The van der Waals surface area contributed by atoms with Crippen molar-refractivity contribution < 1.29 is 0 Å². The van der Waals surface area contributed by atoms with Gasteiger partial charge in [-0.15, -0.1) is 0 Å². The molecule has 0 saturated heterocycles. The molecule has 0 amide bonds. The third kappa shape index (κ3) is 2.30. The molecule has 4 aromatic carbocycles. The zero-order valence-corrected chi connectivity index (χ0v) is 19.7. The van der Waals surface area contributed by atoms with Gasteiger partial charge in [0.2, 0.25) is 0 Å². The van der Waals surface area contributed by atoms with Crippen molar-refractivity contribution in [3.63, 3.8) is 0 Å². The van der Waals surface area contributed by atoms with Gasteiger partial charge in [0, 0.05) is 8.95 Å². The van der Waals surface area contributed by atoms with Crippen molar-refractivity contribution in [1.82, 2.24) is 0 Å². The van der Waals surface area contributed by atoms with Crippen LogP contribution in [0.3, 0.4) is 0 Å². The van der Waals surface area contributed by atoms with Crippen molar-refractivity contribution in [2.45, 2.75) is 5.41 Å². The first kappa shape index (κ1) is 17.9. The third-order valence-corrected chi connectivity index (χ3v) is 7.97. The van der Waals surface area contributed by atoms with Crippen LogP contribution in [-0.4, -0.2) is 0 Å². The number of hydrogen-bond acceptors (Lipinski definition) is 0. The van der Waals surface area contributed by atoms with Crippen LogP contribution < -0.4 is 0 Å². The molecule has 0 aromatic heterocycles. The van der Waals surface area contributed by atoms with E-state index in [1.54, 1.807) is 0 Å². The van der Waals surface area contributed by atoms with Crippen LogP contribution >= 0.6 is 31.9 Å². The molecule has 0 radical (unpaired) electrons. The average molecular weight is 524 g/mol. The molecule has 3 aliphatic rings. The predicted octanol–water partition coefficient (Wildman–Crippen LogP) is 8.54. The Morgan fingerprint density at radius 2 is 0.903 bits per heavy atom. The number of rotatable bonds is 2. The first-order valence-corrected chi connectivity index (χ1v) is 12.0. The summed E-state index contributed by atoms with van der Waals surface area (Å²) < 4.78 is 2.21. The number of halogens is 2. The number of fused-ring (bicyclic) bond motifs is 5. The van der Waals surface area contributed by atoms with E-state index >= 15 is 0 Å². The van der Waals surface area contributed by atoms with Gasteiger partial charge in [0.1, 0.15) is 0 Å². The van der Waals surface area contributed by atoms with Gasteiger partial charge in [-0.25, -0.2) is 0 Å². The molecule has 4 aromatic rings. The van der Waals surface area contributed by atoms with E-state index in [0.717, 1.165) is 8.95 Å². The van der Waals surface area contributed by atoms with Crippen LogP contribution in [0.2, 0.25) is 0 Å². The summed E-state index contributed by atoms with van der Waals surface area (Å²) in [5, 5.41) is 0. The highest BCUT2D eigenvalue weighted by Gasteiger charge is 2.47. The summed E-state index contributed by atoms with van der Waals surface area (Å²) in [4.78, 5) is 0. The zero-order chi connectivity index (χ0) is 20.7. The van der Waals surface area contributed by atoms with Crippen LogP contribution in [0, 0.1) is 0 Å². The van der Waals surface area contributed by atoms with Crippen molar-refractivity contribution in [2.75, 3.05) is 0 Å². The standard InChI is InChI=1S/C29H16Br2/c30-23-9-11-25-26-12-10-24(31)16-28(26)29(27(25)15-23,21-7-5-17-1-3-19(17)13-21)22-8-6-18-2-4-20(18)14-22/h1-16H. The van der Waals surface area contributed by atoms with Crippen LogP contribution in [0.5, 0.6) is 0 Å². The molecule has 0 atom stereocenters. The minimum absolute atomic E-state index is 0.366. The molecule has 0 bridgehead atoms. The van der Waals surface area contributed by atoms with Crippen molar-refractivity contribution in [1.29, 1.82) is 0 Å². The summed E-state index contributed by atoms with van der Waals surface area (Å²) in [6.07, 6.45) is 8.80. The first-order chi connectivity index (χ1) is 15.1. The van der Waals surface area contributed by atoms with Crippen molar-refractivity contribution in [3.05, 3.63) is 126 Å². The highest BCUT2D eigenvalue weighted by Crippen LogP contribution is 2.57. The van der Waals surface area contributed by atoms with Crippen molar-refractivity contribution in [3.8, 4) is 11.1 Å². The maximum Gasteiger partial charge on any atom is 0.0714 e. The van der Waals surface area contributed by atoms with Gasteiger partial charge in [0.15, 0.2) is 0 Å². The van der Waals surface area contributed by atoms with Crippen LogP contribution in [-0.2, 0) is 5.41 Å². The number of hydrogen-bond donors (Lipinski definition) is 0. The third-order valence-electron chi connectivity index (χ3n) is 6.99. The Hall–Kier alpha value is -2.68. The molecule has 0 nitrogen and oxygen atoms in total. The molecular weight excluding hydrogens is 508 g/mol. The van der Waals surface area contributed by atoms with E-state index in [2.05, 4.69) is 129 Å². The van der Waals surface area contributed by atoms with Crippen LogP contribution in [0.4, 0.5) is 0 Å². The summed E-state index contributed by atoms with van der Waals surface area (Å²) in [5.41, 5.74) is 12.8. The van der Waals surface area contributed by atoms with Crippen LogP contribution in [0.15, 0.2) is 81.7 Å². The van der Waals surface area contributed by atoms with E-state index in [4.69, 9.17) is 0 Å². The molecule has 146 valence electrons. The fourth-order valence-corrected chi connectivity index (χ4v) is 6.15. The lowest BCUT2D eigenvalue weighted by molar-refractivity contribution is 0.766. The predicted molar refractivity (Wildman–Crippen MR) is 137 cm³/mol. The van der Waals surface area contributed by atoms with Crippen LogP contribution in [0.1, 0.15) is 44.5 Å². The van der Waals surface area contributed by atoms with Gasteiger partial charge >= 0.3 is 0 Å². The minimum atomic E-state index is -0.366. The molecule has 0 aliphatic heterocycles. The molecule has 0 saturated carbocycles.